The van der Waals surface area contributed by atoms with Crippen molar-refractivity contribution in [1.29, 1.82) is 0 Å². The summed E-state index contributed by atoms with van der Waals surface area (Å²) in [6.07, 6.45) is 2.68. The van der Waals surface area contributed by atoms with E-state index >= 15 is 0 Å². The second-order valence-corrected chi connectivity index (χ2v) is 7.24. The van der Waals surface area contributed by atoms with E-state index in [1.54, 1.807) is 0 Å². The van der Waals surface area contributed by atoms with Crippen molar-refractivity contribution in [1.82, 2.24) is 9.55 Å². The molecule has 1 fully saturated rings. The summed E-state index contributed by atoms with van der Waals surface area (Å²) in [5.74, 6) is 2.37. The van der Waals surface area contributed by atoms with E-state index in [4.69, 9.17) is 34.8 Å². The number of fused-ring (bicyclic) bond motifs is 1. The van der Waals surface area contributed by atoms with Crippen molar-refractivity contribution in [3.8, 4) is 0 Å². The van der Waals surface area contributed by atoms with Crippen LogP contribution in [0.4, 0.5) is 0 Å². The summed E-state index contributed by atoms with van der Waals surface area (Å²) >= 11 is 18.5. The first-order chi connectivity index (χ1) is 9.47. The zero-order chi connectivity index (χ0) is 14.4. The minimum atomic E-state index is -0.133. The van der Waals surface area contributed by atoms with Crippen molar-refractivity contribution in [3.63, 3.8) is 0 Å². The van der Waals surface area contributed by atoms with Gasteiger partial charge in [0.15, 0.2) is 0 Å². The first-order valence-electron chi connectivity index (χ1n) is 6.96. The van der Waals surface area contributed by atoms with Gasteiger partial charge in [-0.25, -0.2) is 4.98 Å². The molecule has 1 aliphatic carbocycles. The Morgan fingerprint density at radius 1 is 1.25 bits per heavy atom. The van der Waals surface area contributed by atoms with Crippen LogP contribution in [0.2, 0.25) is 10.0 Å². The van der Waals surface area contributed by atoms with Crippen LogP contribution in [0, 0.1) is 11.8 Å². The molecule has 0 bridgehead atoms. The quantitative estimate of drug-likeness (QED) is 0.658. The third-order valence-electron chi connectivity index (χ3n) is 4.07. The number of halogens is 3. The van der Waals surface area contributed by atoms with Gasteiger partial charge in [0.05, 0.1) is 26.5 Å². The lowest BCUT2D eigenvalue weighted by atomic mass is 10.1. The van der Waals surface area contributed by atoms with Gasteiger partial charge in [0.2, 0.25) is 0 Å². The van der Waals surface area contributed by atoms with Crippen molar-refractivity contribution in [2.45, 2.75) is 38.6 Å². The Morgan fingerprint density at radius 2 is 1.90 bits per heavy atom. The predicted molar refractivity (Wildman–Crippen MR) is 85.9 cm³/mol. The largest absolute Gasteiger partial charge is 0.326 e. The summed E-state index contributed by atoms with van der Waals surface area (Å²) in [6, 6.07) is 3.72. The number of hydrogen-bond donors (Lipinski definition) is 0. The smallest absolute Gasteiger partial charge is 0.127 e. The van der Waals surface area contributed by atoms with Crippen molar-refractivity contribution in [2.75, 3.05) is 0 Å². The highest BCUT2D eigenvalue weighted by molar-refractivity contribution is 6.42. The molecule has 0 N–H and O–H groups in total. The fraction of sp³-hybridized carbons (Fsp3) is 0.533. The highest BCUT2D eigenvalue weighted by Crippen LogP contribution is 2.39. The summed E-state index contributed by atoms with van der Waals surface area (Å²) in [4.78, 5) is 4.63. The molecule has 0 amide bonds. The van der Waals surface area contributed by atoms with E-state index in [1.807, 2.05) is 19.1 Å². The Hall–Kier alpha value is -0.440. The van der Waals surface area contributed by atoms with E-state index in [0.717, 1.165) is 29.3 Å². The van der Waals surface area contributed by atoms with E-state index in [9.17, 15) is 0 Å². The fourth-order valence-corrected chi connectivity index (χ4v) is 3.22. The maximum absolute atomic E-state index is 6.29. The lowest BCUT2D eigenvalue weighted by molar-refractivity contribution is 0.428. The molecule has 0 saturated heterocycles. The molecule has 2 nitrogen and oxygen atoms in total. The van der Waals surface area contributed by atoms with E-state index in [-0.39, 0.29) is 5.38 Å². The van der Waals surface area contributed by atoms with Gasteiger partial charge in [-0.2, -0.15) is 0 Å². The summed E-state index contributed by atoms with van der Waals surface area (Å²) in [6.45, 7) is 5.18. The molecule has 0 aliphatic heterocycles. The standard InChI is InChI=1S/C15H17Cl3N2/c1-8(10-3-4-10)7-20-14-6-12(18)11(17)5-13(14)19-15(20)9(2)16/h5-6,8-10H,3-4,7H2,1-2H3. The lowest BCUT2D eigenvalue weighted by Gasteiger charge is -2.15. The van der Waals surface area contributed by atoms with Crippen molar-refractivity contribution in [3.05, 3.63) is 28.0 Å². The van der Waals surface area contributed by atoms with Crippen LogP contribution in [0.1, 0.15) is 37.9 Å². The zero-order valence-electron chi connectivity index (χ0n) is 11.5. The van der Waals surface area contributed by atoms with Crippen LogP contribution >= 0.6 is 34.8 Å². The lowest BCUT2D eigenvalue weighted by Crippen LogP contribution is -2.12. The first-order valence-corrected chi connectivity index (χ1v) is 8.16. The molecule has 2 aromatic rings. The first kappa shape index (κ1) is 14.5. The molecule has 0 radical (unpaired) electrons. The van der Waals surface area contributed by atoms with Gasteiger partial charge in [0, 0.05) is 6.54 Å². The van der Waals surface area contributed by atoms with Gasteiger partial charge in [-0.3, -0.25) is 0 Å². The van der Waals surface area contributed by atoms with Crippen LogP contribution in [-0.2, 0) is 6.54 Å². The van der Waals surface area contributed by atoms with Crippen molar-refractivity contribution in [2.24, 2.45) is 11.8 Å². The normalized spacial score (nSPS) is 18.4. The van der Waals surface area contributed by atoms with Gasteiger partial charge in [-0.1, -0.05) is 30.1 Å². The molecule has 3 rings (SSSR count). The molecule has 1 heterocycles. The molecule has 1 aromatic heterocycles. The number of hydrogen-bond acceptors (Lipinski definition) is 1. The topological polar surface area (TPSA) is 17.8 Å². The van der Waals surface area contributed by atoms with E-state index in [1.165, 1.54) is 12.8 Å². The highest BCUT2D eigenvalue weighted by atomic mass is 35.5. The summed E-state index contributed by atoms with van der Waals surface area (Å²) in [5, 5.41) is 0.965. The van der Waals surface area contributed by atoms with Gasteiger partial charge in [-0.15, -0.1) is 11.6 Å². The van der Waals surface area contributed by atoms with E-state index in [2.05, 4.69) is 16.5 Å². The molecule has 1 aromatic carbocycles. The van der Waals surface area contributed by atoms with Crippen LogP contribution in [0.3, 0.4) is 0 Å². The van der Waals surface area contributed by atoms with Crippen LogP contribution in [0.5, 0.6) is 0 Å². The molecule has 108 valence electrons. The minimum Gasteiger partial charge on any atom is -0.326 e. The zero-order valence-corrected chi connectivity index (χ0v) is 13.8. The molecule has 20 heavy (non-hydrogen) atoms. The second-order valence-electron chi connectivity index (χ2n) is 5.77. The number of rotatable bonds is 4. The molecule has 2 unspecified atom stereocenters. The average Bonchev–Trinajstić information content (AvgIpc) is 3.17. The minimum absolute atomic E-state index is 0.133. The van der Waals surface area contributed by atoms with Crippen molar-refractivity contribution >= 4 is 45.8 Å². The summed E-state index contributed by atoms with van der Waals surface area (Å²) in [7, 11) is 0. The van der Waals surface area contributed by atoms with Crippen LogP contribution in [0.15, 0.2) is 12.1 Å². The van der Waals surface area contributed by atoms with Gasteiger partial charge >= 0.3 is 0 Å². The molecule has 2 atom stereocenters. The monoisotopic (exact) mass is 330 g/mol. The van der Waals surface area contributed by atoms with Crippen LogP contribution in [-0.4, -0.2) is 9.55 Å². The Balaban J connectivity index is 2.09. The Morgan fingerprint density at radius 3 is 2.50 bits per heavy atom. The number of aromatic nitrogens is 2. The average molecular weight is 332 g/mol. The molecular weight excluding hydrogens is 315 g/mol. The van der Waals surface area contributed by atoms with Crippen molar-refractivity contribution < 1.29 is 0 Å². The molecule has 1 saturated carbocycles. The van der Waals surface area contributed by atoms with Gasteiger partial charge < -0.3 is 4.57 Å². The van der Waals surface area contributed by atoms with Gasteiger partial charge in [0.25, 0.3) is 0 Å². The third kappa shape index (κ3) is 2.66. The molecule has 5 heteroatoms. The fourth-order valence-electron chi connectivity index (χ4n) is 2.74. The Labute approximate surface area is 134 Å². The summed E-state index contributed by atoms with van der Waals surface area (Å²) in [5.41, 5.74) is 1.89. The number of imidazole rings is 1. The Bertz CT molecular complexity index is 644. The van der Waals surface area contributed by atoms with Crippen LogP contribution < -0.4 is 0 Å². The van der Waals surface area contributed by atoms with Gasteiger partial charge in [-0.05, 0) is 43.7 Å². The maximum atomic E-state index is 6.29. The molecule has 0 spiro atoms. The van der Waals surface area contributed by atoms with E-state index < -0.39 is 0 Å². The highest BCUT2D eigenvalue weighted by Gasteiger charge is 2.29. The predicted octanol–water partition coefficient (Wildman–Crippen LogP) is 5.69. The second kappa shape index (κ2) is 5.40. The number of benzene rings is 1. The van der Waals surface area contributed by atoms with Gasteiger partial charge in [0.1, 0.15) is 5.82 Å². The Kier molecular flexibility index (Phi) is 3.91. The summed E-state index contributed by atoms with van der Waals surface area (Å²) < 4.78 is 2.21. The van der Waals surface area contributed by atoms with E-state index in [0.29, 0.717) is 16.0 Å². The molecule has 1 aliphatic rings. The maximum Gasteiger partial charge on any atom is 0.127 e. The SMILES string of the molecule is CC(Cl)c1nc2cc(Cl)c(Cl)cc2n1CC(C)C1CC1. The van der Waals surface area contributed by atoms with Crippen LogP contribution in [0.25, 0.3) is 11.0 Å². The third-order valence-corrected chi connectivity index (χ3v) is 4.99. The number of nitrogens with zero attached hydrogens (tertiary/aromatic N) is 2. The molecular formula is C15H17Cl3N2. The number of alkyl halides is 1.